The quantitative estimate of drug-likeness (QED) is 0.585. The molecule has 7 heteroatoms. The summed E-state index contributed by atoms with van der Waals surface area (Å²) in [7, 11) is 0. The van der Waals surface area contributed by atoms with Gasteiger partial charge >= 0.3 is 5.97 Å². The second-order valence-corrected chi connectivity index (χ2v) is 5.87. The number of carbonyl (C=O) groups excluding carboxylic acids is 3. The summed E-state index contributed by atoms with van der Waals surface area (Å²) < 4.78 is 25.8. The summed E-state index contributed by atoms with van der Waals surface area (Å²) in [5.74, 6) is -4.23. The van der Waals surface area contributed by atoms with Gasteiger partial charge in [-0.25, -0.2) is 4.39 Å². The molecule has 0 unspecified atom stereocenters. The zero-order chi connectivity index (χ0) is 16.7. The van der Waals surface area contributed by atoms with Gasteiger partial charge in [0.15, 0.2) is 17.6 Å². The number of halogens is 1. The van der Waals surface area contributed by atoms with Gasteiger partial charge in [-0.2, -0.15) is 0 Å². The summed E-state index contributed by atoms with van der Waals surface area (Å²) in [6.45, 7) is 5.95. The molecular weight excluding hydrogens is 293 g/mol. The van der Waals surface area contributed by atoms with E-state index in [1.807, 2.05) is 0 Å². The molecule has 0 N–H and O–H groups in total. The van der Waals surface area contributed by atoms with Crippen molar-refractivity contribution in [2.45, 2.75) is 58.2 Å². The molecule has 0 aliphatic carbocycles. The number of hydrogen-bond acceptors (Lipinski definition) is 5. The predicted octanol–water partition coefficient (Wildman–Crippen LogP) is 1.69. The highest BCUT2D eigenvalue weighted by Gasteiger charge is 2.64. The fraction of sp³-hybridized carbons (Fsp3) is 0.667. The molecule has 0 aromatic heterocycles. The number of amides is 1. The first-order chi connectivity index (χ1) is 10.1. The van der Waals surface area contributed by atoms with Crippen molar-refractivity contribution < 1.29 is 28.2 Å². The minimum Gasteiger partial charge on any atom is -0.454 e. The van der Waals surface area contributed by atoms with Crippen LogP contribution in [0.5, 0.6) is 0 Å². The third kappa shape index (κ3) is 2.54. The van der Waals surface area contributed by atoms with Crippen LogP contribution < -0.4 is 0 Å². The molecule has 2 rings (SSSR count). The molecule has 0 radical (unpaired) electrons. The van der Waals surface area contributed by atoms with Crippen molar-refractivity contribution >= 4 is 17.7 Å². The highest BCUT2D eigenvalue weighted by molar-refractivity contribution is 6.06. The van der Waals surface area contributed by atoms with Crippen LogP contribution in [0.25, 0.3) is 0 Å². The smallest absolute Gasteiger partial charge is 0.303 e. The average Bonchev–Trinajstić information content (AvgIpc) is 2.61. The maximum absolute atomic E-state index is 14.9. The van der Waals surface area contributed by atoms with Gasteiger partial charge in [-0.3, -0.25) is 19.3 Å². The van der Waals surface area contributed by atoms with E-state index < -0.39 is 35.5 Å². The van der Waals surface area contributed by atoms with Crippen LogP contribution in [0.1, 0.15) is 40.5 Å². The number of alkyl halides is 1. The van der Waals surface area contributed by atoms with E-state index in [9.17, 15) is 18.8 Å². The third-order valence-corrected chi connectivity index (χ3v) is 4.44. The molecule has 1 fully saturated rings. The second-order valence-electron chi connectivity index (χ2n) is 5.87. The van der Waals surface area contributed by atoms with E-state index in [0.29, 0.717) is 0 Å². The molecule has 6 nitrogen and oxygen atoms in total. The van der Waals surface area contributed by atoms with Gasteiger partial charge in [0.05, 0.1) is 12.3 Å². The number of carbonyl (C=O) groups is 3. The van der Waals surface area contributed by atoms with E-state index in [1.54, 1.807) is 13.8 Å². The molecule has 122 valence electrons. The van der Waals surface area contributed by atoms with Crippen molar-refractivity contribution in [1.82, 2.24) is 4.90 Å². The van der Waals surface area contributed by atoms with Gasteiger partial charge in [0, 0.05) is 19.5 Å². The Hall–Kier alpha value is -1.76. The van der Waals surface area contributed by atoms with Crippen molar-refractivity contribution in [1.29, 1.82) is 0 Å². The van der Waals surface area contributed by atoms with Crippen LogP contribution in [0.4, 0.5) is 4.39 Å². The van der Waals surface area contributed by atoms with Gasteiger partial charge in [0.25, 0.3) is 0 Å². The molecule has 1 amide bonds. The van der Waals surface area contributed by atoms with Gasteiger partial charge in [0.2, 0.25) is 11.8 Å². The molecule has 0 saturated carbocycles. The van der Waals surface area contributed by atoms with E-state index in [2.05, 4.69) is 0 Å². The standard InChI is InChI=1S/C15H20FNO5/c1-5-15(16)9(2)14(4,21-10(3)18)13(22-15)17-7-6-11(19)8-12(17)20/h6-7,9,13H,5,8H2,1-4H3/t9-,13+,14+,15+/m0/s1. The van der Waals surface area contributed by atoms with E-state index in [1.165, 1.54) is 26.1 Å². The average molecular weight is 313 g/mol. The molecule has 2 aliphatic rings. The Balaban J connectivity index is 2.43. The van der Waals surface area contributed by atoms with Crippen LogP contribution >= 0.6 is 0 Å². The molecule has 0 aromatic carbocycles. The zero-order valence-electron chi connectivity index (χ0n) is 13.1. The van der Waals surface area contributed by atoms with Crippen LogP contribution in [0.2, 0.25) is 0 Å². The first-order valence-electron chi connectivity index (χ1n) is 7.22. The van der Waals surface area contributed by atoms with E-state index in [-0.39, 0.29) is 18.6 Å². The van der Waals surface area contributed by atoms with Crippen molar-refractivity contribution in [3.63, 3.8) is 0 Å². The number of esters is 1. The monoisotopic (exact) mass is 313 g/mol. The summed E-state index contributed by atoms with van der Waals surface area (Å²) in [6, 6.07) is 0. The molecule has 0 spiro atoms. The number of hydrogen-bond donors (Lipinski definition) is 0. The Morgan fingerprint density at radius 2 is 2.18 bits per heavy atom. The lowest BCUT2D eigenvalue weighted by Crippen LogP contribution is -2.54. The number of rotatable bonds is 3. The van der Waals surface area contributed by atoms with Crippen molar-refractivity contribution in [3.05, 3.63) is 12.3 Å². The molecule has 22 heavy (non-hydrogen) atoms. The maximum atomic E-state index is 14.9. The van der Waals surface area contributed by atoms with Crippen LogP contribution in [-0.2, 0) is 23.9 Å². The minimum atomic E-state index is -2.02. The summed E-state index contributed by atoms with van der Waals surface area (Å²) in [4.78, 5) is 35.9. The Morgan fingerprint density at radius 3 is 2.68 bits per heavy atom. The summed E-state index contributed by atoms with van der Waals surface area (Å²) in [5.41, 5.74) is -1.35. The molecule has 2 aliphatic heterocycles. The number of ketones is 1. The zero-order valence-corrected chi connectivity index (χ0v) is 13.1. The lowest BCUT2D eigenvalue weighted by Gasteiger charge is -2.37. The lowest BCUT2D eigenvalue weighted by atomic mass is 9.84. The maximum Gasteiger partial charge on any atom is 0.303 e. The van der Waals surface area contributed by atoms with Gasteiger partial charge in [0.1, 0.15) is 0 Å². The van der Waals surface area contributed by atoms with E-state index in [4.69, 9.17) is 9.47 Å². The fourth-order valence-corrected chi connectivity index (χ4v) is 2.97. The molecule has 4 atom stereocenters. The Labute approximate surface area is 128 Å². The summed E-state index contributed by atoms with van der Waals surface area (Å²) >= 11 is 0. The first-order valence-corrected chi connectivity index (χ1v) is 7.22. The normalized spacial score (nSPS) is 38.5. The lowest BCUT2D eigenvalue weighted by molar-refractivity contribution is -0.197. The number of ether oxygens (including phenoxy) is 2. The second kappa shape index (κ2) is 5.46. The summed E-state index contributed by atoms with van der Waals surface area (Å²) in [6.07, 6.45) is 1.11. The molecule has 0 aromatic rings. The largest absolute Gasteiger partial charge is 0.454 e. The van der Waals surface area contributed by atoms with Gasteiger partial charge < -0.3 is 9.47 Å². The fourth-order valence-electron chi connectivity index (χ4n) is 2.97. The Kier molecular flexibility index (Phi) is 4.12. The van der Waals surface area contributed by atoms with Crippen molar-refractivity contribution in [2.24, 2.45) is 5.92 Å². The predicted molar refractivity (Wildman–Crippen MR) is 73.9 cm³/mol. The van der Waals surface area contributed by atoms with Crippen molar-refractivity contribution in [3.8, 4) is 0 Å². The van der Waals surface area contributed by atoms with Crippen molar-refractivity contribution in [2.75, 3.05) is 0 Å². The van der Waals surface area contributed by atoms with Gasteiger partial charge in [-0.05, 0) is 13.0 Å². The topological polar surface area (TPSA) is 72.9 Å². The number of allylic oxidation sites excluding steroid dienone is 1. The van der Waals surface area contributed by atoms with Crippen LogP contribution in [-0.4, -0.2) is 40.2 Å². The first kappa shape index (κ1) is 16.6. The third-order valence-electron chi connectivity index (χ3n) is 4.44. The highest BCUT2D eigenvalue weighted by atomic mass is 19.2. The Bertz CT molecular complexity index is 548. The Morgan fingerprint density at radius 1 is 1.55 bits per heavy atom. The van der Waals surface area contributed by atoms with Gasteiger partial charge in [-0.1, -0.05) is 13.8 Å². The van der Waals surface area contributed by atoms with Crippen LogP contribution in [0, 0.1) is 5.92 Å². The molecular formula is C15H20FNO5. The van der Waals surface area contributed by atoms with E-state index >= 15 is 0 Å². The van der Waals surface area contributed by atoms with Gasteiger partial charge in [-0.15, -0.1) is 0 Å². The highest BCUT2D eigenvalue weighted by Crippen LogP contribution is 2.49. The van der Waals surface area contributed by atoms with E-state index in [0.717, 1.165) is 4.90 Å². The molecule has 2 heterocycles. The SMILES string of the molecule is CC[C@@]1(F)O[C@@H](N2C=CC(=O)CC2=O)[C@](C)(OC(C)=O)[C@@H]1C. The summed E-state index contributed by atoms with van der Waals surface area (Å²) in [5, 5.41) is 0. The molecule has 0 bridgehead atoms. The molecule has 1 saturated heterocycles. The van der Waals surface area contributed by atoms with Crippen LogP contribution in [0.3, 0.4) is 0 Å². The number of nitrogens with zero attached hydrogens (tertiary/aromatic N) is 1. The van der Waals surface area contributed by atoms with Crippen LogP contribution in [0.15, 0.2) is 12.3 Å². The minimum absolute atomic E-state index is 0.0478.